The van der Waals surface area contributed by atoms with Crippen molar-refractivity contribution in [1.82, 2.24) is 19.7 Å². The summed E-state index contributed by atoms with van der Waals surface area (Å²) in [5.74, 6) is 0.199. The second kappa shape index (κ2) is 6.22. The van der Waals surface area contributed by atoms with Crippen LogP contribution in [0, 0.1) is 0 Å². The molecule has 0 amide bonds. The number of benzene rings is 1. The Balaban J connectivity index is 1.62. The Labute approximate surface area is 133 Å². The summed E-state index contributed by atoms with van der Waals surface area (Å²) >= 11 is 11.9. The monoisotopic (exact) mass is 326 g/mol. The number of phenolic OH excluding ortho intramolecular Hbond substituents is 1. The highest BCUT2D eigenvalue weighted by atomic mass is 35.5. The van der Waals surface area contributed by atoms with Crippen LogP contribution in [-0.4, -0.2) is 37.9 Å². The van der Waals surface area contributed by atoms with Crippen LogP contribution in [0.2, 0.25) is 10.0 Å². The molecule has 0 unspecified atom stereocenters. The van der Waals surface area contributed by atoms with E-state index in [0.29, 0.717) is 22.6 Å². The highest BCUT2D eigenvalue weighted by Crippen LogP contribution is 2.31. The van der Waals surface area contributed by atoms with Gasteiger partial charge in [0.15, 0.2) is 0 Å². The lowest BCUT2D eigenvalue weighted by molar-refractivity contribution is 0.178. The number of piperidine rings is 1. The quantitative estimate of drug-likeness (QED) is 0.941. The Hall–Kier alpha value is -1.30. The van der Waals surface area contributed by atoms with Crippen LogP contribution < -0.4 is 0 Å². The number of halogens is 2. The summed E-state index contributed by atoms with van der Waals surface area (Å²) in [7, 11) is 0. The Kier molecular flexibility index (Phi) is 4.33. The molecule has 1 N–H and O–H groups in total. The average Bonchev–Trinajstić information content (AvgIpc) is 3.00. The van der Waals surface area contributed by atoms with Gasteiger partial charge in [0.25, 0.3) is 0 Å². The summed E-state index contributed by atoms with van der Waals surface area (Å²) in [5.41, 5.74) is 0.812. The molecule has 112 valence electrons. The van der Waals surface area contributed by atoms with Crippen molar-refractivity contribution in [2.75, 3.05) is 13.1 Å². The molecule has 0 atom stereocenters. The highest BCUT2D eigenvalue weighted by Gasteiger charge is 2.21. The van der Waals surface area contributed by atoms with E-state index in [1.54, 1.807) is 18.7 Å². The first-order valence-corrected chi connectivity index (χ1v) is 7.62. The van der Waals surface area contributed by atoms with Gasteiger partial charge in [-0.3, -0.25) is 4.90 Å². The third-order valence-electron chi connectivity index (χ3n) is 3.93. The SMILES string of the molecule is Oc1cc(Cl)c(Cl)cc1CN1CCC(n2cnnc2)CC1. The summed E-state index contributed by atoms with van der Waals surface area (Å²) < 4.78 is 2.06. The molecule has 0 radical (unpaired) electrons. The van der Waals surface area contributed by atoms with Gasteiger partial charge in [0.05, 0.1) is 10.0 Å². The van der Waals surface area contributed by atoms with Gasteiger partial charge in [-0.1, -0.05) is 23.2 Å². The fourth-order valence-electron chi connectivity index (χ4n) is 2.72. The van der Waals surface area contributed by atoms with Crippen molar-refractivity contribution < 1.29 is 5.11 Å². The van der Waals surface area contributed by atoms with Crippen molar-refractivity contribution in [3.63, 3.8) is 0 Å². The summed E-state index contributed by atoms with van der Waals surface area (Å²) in [6.45, 7) is 2.60. The molecule has 0 spiro atoms. The van der Waals surface area contributed by atoms with Gasteiger partial charge in [-0.2, -0.15) is 0 Å². The number of likely N-dealkylation sites (tertiary alicyclic amines) is 1. The summed E-state index contributed by atoms with van der Waals surface area (Å²) in [6, 6.07) is 3.70. The van der Waals surface area contributed by atoms with Crippen LogP contribution in [0.3, 0.4) is 0 Å². The minimum absolute atomic E-state index is 0.199. The van der Waals surface area contributed by atoms with Crippen molar-refractivity contribution in [3.8, 4) is 5.75 Å². The predicted molar refractivity (Wildman–Crippen MR) is 81.7 cm³/mol. The van der Waals surface area contributed by atoms with Crippen molar-refractivity contribution in [2.24, 2.45) is 0 Å². The maximum absolute atomic E-state index is 9.96. The van der Waals surface area contributed by atoms with Gasteiger partial charge in [0.1, 0.15) is 18.4 Å². The molecule has 2 aromatic rings. The van der Waals surface area contributed by atoms with E-state index in [1.807, 2.05) is 0 Å². The largest absolute Gasteiger partial charge is 0.508 e. The smallest absolute Gasteiger partial charge is 0.121 e. The van der Waals surface area contributed by atoms with Crippen molar-refractivity contribution in [3.05, 3.63) is 40.4 Å². The zero-order valence-electron chi connectivity index (χ0n) is 11.4. The lowest BCUT2D eigenvalue weighted by Gasteiger charge is -2.32. The van der Waals surface area contributed by atoms with Gasteiger partial charge < -0.3 is 9.67 Å². The van der Waals surface area contributed by atoms with Gasteiger partial charge in [-0.05, 0) is 18.9 Å². The molecule has 1 aromatic heterocycles. The van der Waals surface area contributed by atoms with Crippen LogP contribution in [0.1, 0.15) is 24.4 Å². The third kappa shape index (κ3) is 3.31. The van der Waals surface area contributed by atoms with Crippen molar-refractivity contribution in [2.45, 2.75) is 25.4 Å². The molecule has 21 heavy (non-hydrogen) atoms. The third-order valence-corrected chi connectivity index (χ3v) is 4.65. The first-order valence-electron chi connectivity index (χ1n) is 6.87. The zero-order chi connectivity index (χ0) is 14.8. The van der Waals surface area contributed by atoms with Crippen LogP contribution in [0.15, 0.2) is 24.8 Å². The van der Waals surface area contributed by atoms with E-state index in [1.165, 1.54) is 6.07 Å². The van der Waals surface area contributed by atoms with E-state index >= 15 is 0 Å². The molecule has 0 aliphatic carbocycles. The van der Waals surface area contributed by atoms with E-state index < -0.39 is 0 Å². The first-order chi connectivity index (χ1) is 10.1. The lowest BCUT2D eigenvalue weighted by atomic mass is 10.0. The molecule has 5 nitrogen and oxygen atoms in total. The second-order valence-corrected chi connectivity index (χ2v) is 6.13. The standard InChI is InChI=1S/C14H16Cl2N4O/c15-12-5-10(14(21)6-13(12)16)7-19-3-1-11(2-4-19)20-8-17-18-9-20/h5-6,8-9,11,21H,1-4,7H2. The number of phenols is 1. The fraction of sp³-hybridized carbons (Fsp3) is 0.429. The Morgan fingerprint density at radius 3 is 2.38 bits per heavy atom. The summed E-state index contributed by atoms with van der Waals surface area (Å²) in [5, 5.41) is 18.5. The number of rotatable bonds is 3. The molecular weight excluding hydrogens is 311 g/mol. The fourth-order valence-corrected chi connectivity index (χ4v) is 3.06. The molecule has 1 fully saturated rings. The number of nitrogens with zero attached hydrogens (tertiary/aromatic N) is 4. The highest BCUT2D eigenvalue weighted by molar-refractivity contribution is 6.42. The average molecular weight is 327 g/mol. The molecule has 3 rings (SSSR count). The molecule has 0 saturated carbocycles. The first kappa shape index (κ1) is 14.6. The molecule has 1 saturated heterocycles. The normalized spacial score (nSPS) is 17.2. The Morgan fingerprint density at radius 1 is 1.10 bits per heavy atom. The van der Waals surface area contributed by atoms with Gasteiger partial charge >= 0.3 is 0 Å². The zero-order valence-corrected chi connectivity index (χ0v) is 12.9. The van der Waals surface area contributed by atoms with Gasteiger partial charge in [0.2, 0.25) is 0 Å². The molecule has 1 aromatic carbocycles. The molecule has 2 heterocycles. The van der Waals surface area contributed by atoms with Crippen molar-refractivity contribution in [1.29, 1.82) is 0 Å². The summed E-state index contributed by atoms with van der Waals surface area (Å²) in [4.78, 5) is 2.31. The van der Waals surface area contributed by atoms with Gasteiger partial charge in [0, 0.05) is 37.3 Å². The number of hydrogen-bond donors (Lipinski definition) is 1. The minimum Gasteiger partial charge on any atom is -0.508 e. The maximum atomic E-state index is 9.96. The molecule has 7 heteroatoms. The van der Waals surface area contributed by atoms with Crippen molar-refractivity contribution >= 4 is 23.2 Å². The second-order valence-electron chi connectivity index (χ2n) is 5.31. The van der Waals surface area contributed by atoms with Crippen LogP contribution in [0.5, 0.6) is 5.75 Å². The van der Waals surface area contributed by atoms with E-state index in [4.69, 9.17) is 23.2 Å². The lowest BCUT2D eigenvalue weighted by Crippen LogP contribution is -2.34. The van der Waals surface area contributed by atoms with E-state index in [2.05, 4.69) is 19.7 Å². The van der Waals surface area contributed by atoms with Crippen LogP contribution in [0.25, 0.3) is 0 Å². The number of hydrogen-bond acceptors (Lipinski definition) is 4. The maximum Gasteiger partial charge on any atom is 0.121 e. The van der Waals surface area contributed by atoms with E-state index in [-0.39, 0.29) is 5.75 Å². The Bertz CT molecular complexity index is 610. The van der Waals surface area contributed by atoms with Crippen LogP contribution >= 0.6 is 23.2 Å². The molecule has 1 aliphatic heterocycles. The number of aromatic nitrogens is 3. The van der Waals surface area contributed by atoms with Crippen LogP contribution in [-0.2, 0) is 6.54 Å². The molecule has 0 bridgehead atoms. The molecule has 1 aliphatic rings. The molecular formula is C14H16Cl2N4O. The predicted octanol–water partition coefficient (Wildman–Crippen LogP) is 3.13. The summed E-state index contributed by atoms with van der Waals surface area (Å²) in [6.07, 6.45) is 5.62. The topological polar surface area (TPSA) is 54.2 Å². The van der Waals surface area contributed by atoms with Gasteiger partial charge in [-0.25, -0.2) is 0 Å². The van der Waals surface area contributed by atoms with E-state index in [0.717, 1.165) is 31.5 Å². The van der Waals surface area contributed by atoms with Crippen LogP contribution in [0.4, 0.5) is 0 Å². The van der Waals surface area contributed by atoms with Gasteiger partial charge in [-0.15, -0.1) is 10.2 Å². The number of aromatic hydroxyl groups is 1. The Morgan fingerprint density at radius 2 is 1.71 bits per heavy atom. The minimum atomic E-state index is 0.199. The van der Waals surface area contributed by atoms with E-state index in [9.17, 15) is 5.11 Å².